The van der Waals surface area contributed by atoms with Crippen LogP contribution in [0, 0.1) is 12.7 Å². The Morgan fingerprint density at radius 1 is 1.23 bits per heavy atom. The average Bonchev–Trinajstić information content (AvgIpc) is 2.50. The van der Waals surface area contributed by atoms with Gasteiger partial charge < -0.3 is 4.90 Å². The molecule has 0 radical (unpaired) electrons. The van der Waals surface area contributed by atoms with Crippen LogP contribution in [0.25, 0.3) is 0 Å². The largest absolute Gasteiger partial charge is 0.366 e. The van der Waals surface area contributed by atoms with E-state index in [0.29, 0.717) is 11.4 Å². The standard InChI is InChI=1S/C18H20ClFN2/c1-4-22(3)12-21-18-11-16(19)10-15(13(18)2)9-14-5-7-17(20)8-6-14/h5-8,10-12H,4,9H2,1-3H3. The van der Waals surface area contributed by atoms with E-state index in [1.165, 1.54) is 12.1 Å². The molecule has 0 N–H and O–H groups in total. The summed E-state index contributed by atoms with van der Waals surface area (Å²) in [5.41, 5.74) is 4.11. The summed E-state index contributed by atoms with van der Waals surface area (Å²) in [7, 11) is 1.98. The first-order valence-corrected chi connectivity index (χ1v) is 7.65. The van der Waals surface area contributed by atoms with Gasteiger partial charge in [0.1, 0.15) is 5.82 Å². The second-order valence-corrected chi connectivity index (χ2v) is 5.77. The molecule has 116 valence electrons. The van der Waals surface area contributed by atoms with Gasteiger partial charge in [-0.15, -0.1) is 0 Å². The van der Waals surface area contributed by atoms with Crippen molar-refractivity contribution < 1.29 is 4.39 Å². The van der Waals surface area contributed by atoms with Crippen molar-refractivity contribution >= 4 is 23.6 Å². The molecule has 0 aromatic heterocycles. The minimum Gasteiger partial charge on any atom is -0.366 e. The van der Waals surface area contributed by atoms with Crippen molar-refractivity contribution in [3.63, 3.8) is 0 Å². The van der Waals surface area contributed by atoms with Gasteiger partial charge in [0.05, 0.1) is 12.0 Å². The molecule has 2 aromatic carbocycles. The van der Waals surface area contributed by atoms with Gasteiger partial charge in [0.2, 0.25) is 0 Å². The third-order valence-corrected chi connectivity index (χ3v) is 3.87. The van der Waals surface area contributed by atoms with E-state index in [0.717, 1.165) is 28.9 Å². The van der Waals surface area contributed by atoms with E-state index in [2.05, 4.69) is 11.9 Å². The van der Waals surface area contributed by atoms with Gasteiger partial charge >= 0.3 is 0 Å². The number of halogens is 2. The summed E-state index contributed by atoms with van der Waals surface area (Å²) in [5, 5.41) is 0.661. The summed E-state index contributed by atoms with van der Waals surface area (Å²) >= 11 is 6.22. The van der Waals surface area contributed by atoms with Crippen molar-refractivity contribution in [1.29, 1.82) is 0 Å². The van der Waals surface area contributed by atoms with Crippen LogP contribution in [0.15, 0.2) is 41.4 Å². The summed E-state index contributed by atoms with van der Waals surface area (Å²) in [6.45, 7) is 5.00. The van der Waals surface area contributed by atoms with Gasteiger partial charge in [-0.2, -0.15) is 0 Å². The number of benzene rings is 2. The van der Waals surface area contributed by atoms with Crippen molar-refractivity contribution in [2.75, 3.05) is 13.6 Å². The lowest BCUT2D eigenvalue weighted by Crippen LogP contribution is -2.14. The zero-order valence-electron chi connectivity index (χ0n) is 13.1. The molecule has 2 nitrogen and oxygen atoms in total. The number of hydrogen-bond donors (Lipinski definition) is 0. The van der Waals surface area contributed by atoms with Crippen molar-refractivity contribution in [2.45, 2.75) is 20.3 Å². The zero-order valence-corrected chi connectivity index (χ0v) is 13.9. The van der Waals surface area contributed by atoms with Gasteiger partial charge in [0.25, 0.3) is 0 Å². The molecule has 22 heavy (non-hydrogen) atoms. The molecule has 0 aliphatic rings. The summed E-state index contributed by atoms with van der Waals surface area (Å²) in [6, 6.07) is 10.4. The molecule has 0 unspecified atom stereocenters. The average molecular weight is 319 g/mol. The fraction of sp³-hybridized carbons (Fsp3) is 0.278. The van der Waals surface area contributed by atoms with Crippen LogP contribution in [0.5, 0.6) is 0 Å². The maximum Gasteiger partial charge on any atom is 0.123 e. The van der Waals surface area contributed by atoms with E-state index in [1.807, 2.05) is 31.0 Å². The highest BCUT2D eigenvalue weighted by Crippen LogP contribution is 2.28. The van der Waals surface area contributed by atoms with E-state index in [-0.39, 0.29) is 5.82 Å². The Balaban J connectivity index is 2.30. The molecule has 4 heteroatoms. The van der Waals surface area contributed by atoms with E-state index >= 15 is 0 Å². The molecule has 0 heterocycles. The molecule has 0 spiro atoms. The lowest BCUT2D eigenvalue weighted by molar-refractivity contribution is 0.552. The molecule has 0 saturated carbocycles. The molecule has 0 fully saturated rings. The molecule has 0 bridgehead atoms. The minimum absolute atomic E-state index is 0.223. The smallest absolute Gasteiger partial charge is 0.123 e. The van der Waals surface area contributed by atoms with Crippen LogP contribution in [0.4, 0.5) is 10.1 Å². The maximum absolute atomic E-state index is 13.0. The van der Waals surface area contributed by atoms with Crippen LogP contribution in [-0.4, -0.2) is 24.8 Å². The summed E-state index contributed by atoms with van der Waals surface area (Å²) in [6.07, 6.45) is 2.51. The molecular formula is C18H20ClFN2. The highest BCUT2D eigenvalue weighted by molar-refractivity contribution is 6.31. The SMILES string of the molecule is CCN(C)C=Nc1cc(Cl)cc(Cc2ccc(F)cc2)c1C. The van der Waals surface area contributed by atoms with Crippen LogP contribution in [0.2, 0.25) is 5.02 Å². The third kappa shape index (κ3) is 4.31. The lowest BCUT2D eigenvalue weighted by atomic mass is 9.99. The first-order valence-electron chi connectivity index (χ1n) is 7.27. The Morgan fingerprint density at radius 2 is 1.91 bits per heavy atom. The van der Waals surface area contributed by atoms with E-state index < -0.39 is 0 Å². The topological polar surface area (TPSA) is 15.6 Å². The highest BCUT2D eigenvalue weighted by Gasteiger charge is 2.07. The van der Waals surface area contributed by atoms with Crippen molar-refractivity contribution in [1.82, 2.24) is 4.90 Å². The minimum atomic E-state index is -0.223. The van der Waals surface area contributed by atoms with Crippen molar-refractivity contribution in [3.05, 3.63) is 63.9 Å². The van der Waals surface area contributed by atoms with Gasteiger partial charge in [-0.3, -0.25) is 0 Å². The van der Waals surface area contributed by atoms with Gasteiger partial charge in [-0.25, -0.2) is 9.38 Å². The van der Waals surface area contributed by atoms with E-state index in [4.69, 9.17) is 11.6 Å². The number of nitrogens with zero attached hydrogens (tertiary/aromatic N) is 2. The molecule has 2 aromatic rings. The van der Waals surface area contributed by atoms with Crippen LogP contribution in [0.1, 0.15) is 23.6 Å². The predicted octanol–water partition coefficient (Wildman–Crippen LogP) is 4.99. The van der Waals surface area contributed by atoms with Crippen molar-refractivity contribution in [2.24, 2.45) is 4.99 Å². The summed E-state index contributed by atoms with van der Waals surface area (Å²) < 4.78 is 13.0. The molecular weight excluding hydrogens is 299 g/mol. The fourth-order valence-corrected chi connectivity index (χ4v) is 2.34. The Hall–Kier alpha value is -1.87. The van der Waals surface area contributed by atoms with Crippen LogP contribution >= 0.6 is 11.6 Å². The quantitative estimate of drug-likeness (QED) is 0.560. The molecule has 0 aliphatic heterocycles. The monoisotopic (exact) mass is 318 g/mol. The molecule has 0 atom stereocenters. The first kappa shape index (κ1) is 16.5. The van der Waals surface area contributed by atoms with Crippen LogP contribution in [0.3, 0.4) is 0 Å². The number of rotatable bonds is 5. The predicted molar refractivity (Wildman–Crippen MR) is 91.9 cm³/mol. The summed E-state index contributed by atoms with van der Waals surface area (Å²) in [4.78, 5) is 6.51. The lowest BCUT2D eigenvalue weighted by Gasteiger charge is -2.12. The molecule has 0 amide bonds. The Labute approximate surface area is 136 Å². The fourth-order valence-electron chi connectivity index (χ4n) is 2.10. The highest BCUT2D eigenvalue weighted by atomic mass is 35.5. The molecule has 0 saturated heterocycles. The molecule has 2 rings (SSSR count). The van der Waals surface area contributed by atoms with Gasteiger partial charge in [-0.05, 0) is 61.2 Å². The second kappa shape index (κ2) is 7.41. The Kier molecular flexibility index (Phi) is 5.56. The van der Waals surface area contributed by atoms with E-state index in [9.17, 15) is 4.39 Å². The normalized spacial score (nSPS) is 11.1. The first-order chi connectivity index (χ1) is 10.5. The number of aliphatic imine (C=N–C) groups is 1. The van der Waals surface area contributed by atoms with Crippen LogP contribution < -0.4 is 0 Å². The van der Waals surface area contributed by atoms with E-state index in [1.54, 1.807) is 18.5 Å². The second-order valence-electron chi connectivity index (χ2n) is 5.33. The van der Waals surface area contributed by atoms with Gasteiger partial charge in [0, 0.05) is 18.6 Å². The van der Waals surface area contributed by atoms with Gasteiger partial charge in [0.15, 0.2) is 0 Å². The molecule has 0 aliphatic carbocycles. The zero-order chi connectivity index (χ0) is 16.1. The van der Waals surface area contributed by atoms with Crippen LogP contribution in [-0.2, 0) is 6.42 Å². The maximum atomic E-state index is 13.0. The number of hydrogen-bond acceptors (Lipinski definition) is 1. The van der Waals surface area contributed by atoms with Gasteiger partial charge in [-0.1, -0.05) is 23.7 Å². The summed E-state index contributed by atoms with van der Waals surface area (Å²) in [5.74, 6) is -0.223. The third-order valence-electron chi connectivity index (χ3n) is 3.65. The van der Waals surface area contributed by atoms with Crippen molar-refractivity contribution in [3.8, 4) is 0 Å². The Bertz CT molecular complexity index is 666. The Morgan fingerprint density at radius 3 is 2.55 bits per heavy atom.